The van der Waals surface area contributed by atoms with Crippen LogP contribution in [0.4, 0.5) is 5.69 Å². The molecule has 0 aromatic heterocycles. The predicted octanol–water partition coefficient (Wildman–Crippen LogP) is 8.75. The molecule has 0 aliphatic carbocycles. The first-order valence-corrected chi connectivity index (χ1v) is 15.9. The number of carboxylic acids is 2. The molecule has 2 N–H and O–H groups in total. The molecule has 2 heterocycles. The number of halogens is 1. The lowest BCUT2D eigenvalue weighted by molar-refractivity contribution is -0.138. The Balaban J connectivity index is 1.41. The summed E-state index contributed by atoms with van der Waals surface area (Å²) in [6.45, 7) is 2.32. The van der Waals surface area contributed by atoms with Gasteiger partial charge in [0.1, 0.15) is 16.9 Å². The van der Waals surface area contributed by atoms with E-state index in [4.69, 9.17) is 4.74 Å². The maximum Gasteiger partial charge on any atom is 0.305 e. The molecule has 0 fully saturated rings. The Morgan fingerprint density at radius 3 is 2.14 bits per heavy atom. The van der Waals surface area contributed by atoms with Crippen LogP contribution in [0.5, 0.6) is 5.75 Å². The molecule has 2 aliphatic heterocycles. The number of nitrogens with zero attached hydrogens (tertiary/aromatic N) is 1. The Labute approximate surface area is 261 Å². The highest BCUT2D eigenvalue weighted by molar-refractivity contribution is 9.12. The highest BCUT2D eigenvalue weighted by atomic mass is 79.9. The number of aliphatic carboxylic acids is 2. The molecular formula is C35H28BrNO5S. The normalized spacial score (nSPS) is 20.6. The number of allylic oxidation sites excluding steroid dienone is 1. The van der Waals surface area contributed by atoms with E-state index in [9.17, 15) is 19.8 Å². The van der Waals surface area contributed by atoms with Crippen LogP contribution < -0.4 is 9.64 Å². The topological polar surface area (TPSA) is 87.1 Å². The molecule has 5 aromatic carbocycles. The van der Waals surface area contributed by atoms with Crippen molar-refractivity contribution in [3.8, 4) is 5.75 Å². The fourth-order valence-corrected chi connectivity index (χ4v) is 8.96. The van der Waals surface area contributed by atoms with Gasteiger partial charge in [0.05, 0.1) is 23.0 Å². The SMILES string of the molecule is CC1C(=C(Br)C2Sc3c(c4ccccc4c4ccccc34)N2CCC(=O)O)Oc2cc3ccccc3cc2C1CC(=O)O. The summed E-state index contributed by atoms with van der Waals surface area (Å²) in [4.78, 5) is 27.2. The minimum absolute atomic E-state index is 0.0276. The Morgan fingerprint density at radius 1 is 0.860 bits per heavy atom. The number of thioether (sulfide) groups is 1. The molecule has 0 amide bonds. The highest BCUT2D eigenvalue weighted by Crippen LogP contribution is 2.56. The molecule has 2 aliphatic rings. The molecule has 3 atom stereocenters. The van der Waals surface area contributed by atoms with Crippen molar-refractivity contribution in [2.75, 3.05) is 11.4 Å². The second-order valence-corrected chi connectivity index (χ2v) is 13.1. The lowest BCUT2D eigenvalue weighted by Gasteiger charge is -2.36. The van der Waals surface area contributed by atoms with E-state index in [1.54, 1.807) is 11.8 Å². The molecule has 0 saturated heterocycles. The van der Waals surface area contributed by atoms with Crippen LogP contribution >= 0.6 is 27.7 Å². The smallest absolute Gasteiger partial charge is 0.305 e. The predicted molar refractivity (Wildman–Crippen MR) is 175 cm³/mol. The first-order valence-electron chi connectivity index (χ1n) is 14.2. The van der Waals surface area contributed by atoms with Gasteiger partial charge in [-0.2, -0.15) is 0 Å². The van der Waals surface area contributed by atoms with E-state index in [0.717, 1.165) is 52.9 Å². The van der Waals surface area contributed by atoms with Crippen molar-refractivity contribution in [3.05, 3.63) is 101 Å². The number of hydrogen-bond acceptors (Lipinski definition) is 5. The van der Waals surface area contributed by atoms with Crippen molar-refractivity contribution in [2.45, 2.75) is 36.0 Å². The van der Waals surface area contributed by atoms with Crippen molar-refractivity contribution < 1.29 is 24.5 Å². The lowest BCUT2D eigenvalue weighted by atomic mass is 9.80. The van der Waals surface area contributed by atoms with Crippen LogP contribution in [0.1, 0.15) is 31.2 Å². The molecule has 8 heteroatoms. The van der Waals surface area contributed by atoms with Crippen LogP contribution in [0, 0.1) is 5.92 Å². The maximum atomic E-state index is 12.1. The van der Waals surface area contributed by atoms with Gasteiger partial charge in [0.2, 0.25) is 0 Å². The maximum absolute atomic E-state index is 12.1. The van der Waals surface area contributed by atoms with E-state index in [0.29, 0.717) is 18.1 Å². The molecule has 0 bridgehead atoms. The third kappa shape index (κ3) is 4.73. The minimum atomic E-state index is -0.865. The summed E-state index contributed by atoms with van der Waals surface area (Å²) in [6, 6.07) is 28.6. The average molecular weight is 655 g/mol. The molecule has 6 nitrogen and oxygen atoms in total. The molecule has 5 aromatic rings. The summed E-state index contributed by atoms with van der Waals surface area (Å²) in [5, 5.41) is 25.8. The van der Waals surface area contributed by atoms with E-state index in [1.807, 2.05) is 61.5 Å². The van der Waals surface area contributed by atoms with Gasteiger partial charge in [-0.15, -0.1) is 0 Å². The quantitative estimate of drug-likeness (QED) is 0.177. The minimum Gasteiger partial charge on any atom is -0.481 e. The van der Waals surface area contributed by atoms with Crippen LogP contribution in [0.3, 0.4) is 0 Å². The molecule has 0 spiro atoms. The molecule has 3 unspecified atom stereocenters. The molecule has 216 valence electrons. The van der Waals surface area contributed by atoms with Gasteiger partial charge >= 0.3 is 11.9 Å². The van der Waals surface area contributed by atoms with Gasteiger partial charge in [0.15, 0.2) is 0 Å². The zero-order chi connectivity index (χ0) is 29.8. The summed E-state index contributed by atoms with van der Waals surface area (Å²) in [5.74, 6) is -0.931. The Morgan fingerprint density at radius 2 is 1.47 bits per heavy atom. The number of carbonyl (C=O) groups is 2. The van der Waals surface area contributed by atoms with E-state index >= 15 is 0 Å². The van der Waals surface area contributed by atoms with Crippen molar-refractivity contribution in [3.63, 3.8) is 0 Å². The lowest BCUT2D eigenvalue weighted by Crippen LogP contribution is -2.34. The van der Waals surface area contributed by atoms with Crippen LogP contribution in [-0.4, -0.2) is 34.1 Å². The average Bonchev–Trinajstić information content (AvgIpc) is 3.40. The number of fused-ring (bicyclic) bond motifs is 8. The molecule has 43 heavy (non-hydrogen) atoms. The van der Waals surface area contributed by atoms with Crippen LogP contribution in [0.15, 0.2) is 100 Å². The first kappa shape index (κ1) is 27.8. The number of benzene rings is 5. The molecule has 0 radical (unpaired) electrons. The van der Waals surface area contributed by atoms with Gasteiger partial charge in [-0.1, -0.05) is 91.5 Å². The Hall–Kier alpha value is -4.01. The number of carboxylic acid groups (broad SMARTS) is 2. The van der Waals surface area contributed by atoms with E-state index in [-0.39, 0.29) is 30.1 Å². The molecule has 0 saturated carbocycles. The fraction of sp³-hybridized carbons (Fsp3) is 0.200. The summed E-state index contributed by atoms with van der Waals surface area (Å²) in [7, 11) is 0. The van der Waals surface area contributed by atoms with Gasteiger partial charge in [-0.25, -0.2) is 0 Å². The Bertz CT molecular complexity index is 1990. The van der Waals surface area contributed by atoms with Crippen LogP contribution in [-0.2, 0) is 9.59 Å². The second kappa shape index (κ2) is 10.9. The van der Waals surface area contributed by atoms with Gasteiger partial charge in [-0.3, -0.25) is 9.59 Å². The van der Waals surface area contributed by atoms with E-state index in [2.05, 4.69) is 51.2 Å². The standard InChI is InChI=1S/C35H28BrNO5S/c1-19-26(18-30(40)41)27-16-20-8-2-3-9-21(20)17-28(27)42-33(19)31(36)35-37(15-14-29(38)39)32-24-12-6-4-10-22(24)23-11-5-7-13-25(23)34(32)43-35/h2-13,16-17,19,26,35H,14-15,18H2,1H3,(H,38,39)(H,40,41). The Kier molecular flexibility index (Phi) is 7.06. The van der Waals surface area contributed by atoms with Crippen molar-refractivity contribution in [2.24, 2.45) is 5.92 Å². The van der Waals surface area contributed by atoms with Gasteiger partial charge in [-0.05, 0) is 60.6 Å². The number of rotatable bonds is 6. The van der Waals surface area contributed by atoms with Crippen molar-refractivity contribution in [1.29, 1.82) is 0 Å². The third-order valence-corrected chi connectivity index (χ3v) is 11.1. The van der Waals surface area contributed by atoms with E-state index < -0.39 is 11.9 Å². The van der Waals surface area contributed by atoms with Crippen molar-refractivity contribution in [1.82, 2.24) is 0 Å². The third-order valence-electron chi connectivity index (χ3n) is 8.59. The van der Waals surface area contributed by atoms with Gasteiger partial charge < -0.3 is 19.8 Å². The zero-order valence-electron chi connectivity index (χ0n) is 23.3. The van der Waals surface area contributed by atoms with Crippen LogP contribution in [0.2, 0.25) is 0 Å². The monoisotopic (exact) mass is 653 g/mol. The summed E-state index contributed by atoms with van der Waals surface area (Å²) >= 11 is 5.61. The number of hydrogen-bond donors (Lipinski definition) is 2. The summed E-state index contributed by atoms with van der Waals surface area (Å²) < 4.78 is 7.46. The molecular weight excluding hydrogens is 626 g/mol. The van der Waals surface area contributed by atoms with Gasteiger partial charge in [0, 0.05) is 28.7 Å². The number of ether oxygens (including phenoxy) is 1. The summed E-state index contributed by atoms with van der Waals surface area (Å²) in [5.41, 5.74) is 1.90. The zero-order valence-corrected chi connectivity index (χ0v) is 25.7. The summed E-state index contributed by atoms with van der Waals surface area (Å²) in [6.07, 6.45) is -0.0597. The highest BCUT2D eigenvalue weighted by Gasteiger charge is 2.41. The fourth-order valence-electron chi connectivity index (χ4n) is 6.56. The van der Waals surface area contributed by atoms with Crippen molar-refractivity contribution >= 4 is 77.6 Å². The second-order valence-electron chi connectivity index (χ2n) is 11.1. The number of anilines is 1. The largest absolute Gasteiger partial charge is 0.481 e. The van der Waals surface area contributed by atoms with E-state index in [1.165, 1.54) is 0 Å². The molecule has 7 rings (SSSR count). The first-order chi connectivity index (χ1) is 20.8. The van der Waals surface area contributed by atoms with Crippen LogP contribution in [0.25, 0.3) is 32.3 Å². The van der Waals surface area contributed by atoms with Gasteiger partial charge in [0.25, 0.3) is 0 Å².